The molecule has 0 bridgehead atoms. The normalized spacial score (nSPS) is 23.2. The Morgan fingerprint density at radius 2 is 1.46 bits per heavy atom. The largest absolute Gasteiger partial charge is 0.510 e. The number of nitrogens with zero attached hydrogens (tertiary/aromatic N) is 1. The molecule has 13 heavy (non-hydrogen) atoms. The third-order valence-corrected chi connectivity index (χ3v) is 3.69. The summed E-state index contributed by atoms with van der Waals surface area (Å²) in [6.07, 6.45) is 2.03. The number of halogens is 3. The first-order valence-corrected chi connectivity index (χ1v) is 5.45. The van der Waals surface area contributed by atoms with Gasteiger partial charge in [0.05, 0.1) is 0 Å². The molecule has 7 heteroatoms. The second-order valence-corrected chi connectivity index (χ2v) is 4.97. The summed E-state index contributed by atoms with van der Waals surface area (Å²) in [6.45, 7) is 0.226. The van der Waals surface area contributed by atoms with E-state index in [9.17, 15) is 13.2 Å². The lowest BCUT2D eigenvalue weighted by Gasteiger charge is -2.44. The van der Waals surface area contributed by atoms with Crippen molar-refractivity contribution in [2.75, 3.05) is 13.1 Å². The van der Waals surface area contributed by atoms with Gasteiger partial charge < -0.3 is 0 Å². The summed E-state index contributed by atoms with van der Waals surface area (Å²) in [5.41, 5.74) is -4.93. The molecule has 1 fully saturated rings. The van der Waals surface area contributed by atoms with Crippen LogP contribution in [0.15, 0.2) is 0 Å². The third kappa shape index (κ3) is 2.28. The van der Waals surface area contributed by atoms with Gasteiger partial charge in [0.1, 0.15) is 0 Å². The number of hydrogen-bond donors (Lipinski definition) is 2. The summed E-state index contributed by atoms with van der Waals surface area (Å²) in [4.78, 5) is 0. The van der Waals surface area contributed by atoms with Crippen LogP contribution in [0.2, 0.25) is 0 Å². The molecule has 0 radical (unpaired) electrons. The predicted octanol–water partition coefficient (Wildman–Crippen LogP) is 2.66. The summed E-state index contributed by atoms with van der Waals surface area (Å²) in [5.74, 6) is 0. The van der Waals surface area contributed by atoms with Gasteiger partial charge in [-0.1, -0.05) is 6.42 Å². The molecule has 0 amide bonds. The van der Waals surface area contributed by atoms with Gasteiger partial charge in [-0.2, -0.15) is 17.5 Å². The highest BCUT2D eigenvalue weighted by molar-refractivity contribution is 8.23. The summed E-state index contributed by atoms with van der Waals surface area (Å²) in [6, 6.07) is 0. The lowest BCUT2D eigenvalue weighted by atomic mass is 10.2. The van der Waals surface area contributed by atoms with Crippen molar-refractivity contribution in [3.63, 3.8) is 0 Å². The van der Waals surface area contributed by atoms with E-state index < -0.39 is 16.3 Å². The van der Waals surface area contributed by atoms with Crippen molar-refractivity contribution in [1.82, 2.24) is 4.31 Å². The molecular formula is C6H12F3NO2S. The van der Waals surface area contributed by atoms with E-state index in [0.29, 0.717) is 12.8 Å². The number of alkyl halides is 3. The SMILES string of the molecule is OS(O)(N1CCCCC1)C(F)(F)F. The van der Waals surface area contributed by atoms with Gasteiger partial charge >= 0.3 is 5.51 Å². The average Bonchev–Trinajstić information content (AvgIpc) is 2.04. The first-order valence-electron chi connectivity index (χ1n) is 3.95. The molecule has 1 saturated heterocycles. The van der Waals surface area contributed by atoms with Crippen LogP contribution in [0.4, 0.5) is 13.2 Å². The van der Waals surface area contributed by atoms with Crippen LogP contribution in [0.3, 0.4) is 0 Å². The van der Waals surface area contributed by atoms with Gasteiger partial charge in [-0.15, -0.1) is 0 Å². The van der Waals surface area contributed by atoms with Crippen molar-refractivity contribution in [1.29, 1.82) is 0 Å². The van der Waals surface area contributed by atoms with Crippen molar-refractivity contribution < 1.29 is 22.3 Å². The molecular weight excluding hydrogens is 207 g/mol. The van der Waals surface area contributed by atoms with Crippen LogP contribution in [0.25, 0.3) is 0 Å². The quantitative estimate of drug-likeness (QED) is 0.712. The lowest BCUT2D eigenvalue weighted by Crippen LogP contribution is -2.39. The minimum atomic E-state index is -4.93. The second kappa shape index (κ2) is 3.64. The highest BCUT2D eigenvalue weighted by Gasteiger charge is 2.49. The van der Waals surface area contributed by atoms with Crippen LogP contribution in [0, 0.1) is 0 Å². The van der Waals surface area contributed by atoms with Crippen molar-refractivity contribution in [3.05, 3.63) is 0 Å². The molecule has 1 rings (SSSR count). The summed E-state index contributed by atoms with van der Waals surface area (Å²) in [7, 11) is -4.57. The maximum atomic E-state index is 12.1. The number of piperidine rings is 1. The fourth-order valence-electron chi connectivity index (χ4n) is 1.27. The highest BCUT2D eigenvalue weighted by Crippen LogP contribution is 2.58. The Morgan fingerprint density at radius 3 is 1.85 bits per heavy atom. The minimum Gasteiger partial charge on any atom is -0.279 e. The minimum absolute atomic E-state index is 0.113. The van der Waals surface area contributed by atoms with Gasteiger partial charge in [0.25, 0.3) is 0 Å². The highest BCUT2D eigenvalue weighted by atomic mass is 32.3. The fraction of sp³-hybridized carbons (Fsp3) is 1.00. The molecule has 1 aliphatic heterocycles. The molecule has 2 N–H and O–H groups in total. The van der Waals surface area contributed by atoms with Gasteiger partial charge in [0.2, 0.25) is 0 Å². The van der Waals surface area contributed by atoms with E-state index >= 15 is 0 Å². The van der Waals surface area contributed by atoms with Gasteiger partial charge in [0.15, 0.2) is 0 Å². The first-order chi connectivity index (χ1) is 5.86. The Bertz CT molecular complexity index is 179. The zero-order valence-electron chi connectivity index (χ0n) is 6.92. The first kappa shape index (κ1) is 11.1. The van der Waals surface area contributed by atoms with Crippen molar-refractivity contribution in [3.8, 4) is 0 Å². The maximum Gasteiger partial charge on any atom is 0.510 e. The van der Waals surface area contributed by atoms with Crippen molar-refractivity contribution in [2.45, 2.75) is 24.8 Å². The van der Waals surface area contributed by atoms with Crippen molar-refractivity contribution >= 4 is 10.8 Å². The van der Waals surface area contributed by atoms with Crippen LogP contribution < -0.4 is 0 Å². The molecule has 0 unspecified atom stereocenters. The predicted molar refractivity (Wildman–Crippen MR) is 44.3 cm³/mol. The molecule has 1 aliphatic rings. The number of rotatable bonds is 1. The van der Waals surface area contributed by atoms with Crippen LogP contribution in [-0.2, 0) is 0 Å². The summed E-state index contributed by atoms with van der Waals surface area (Å²) in [5, 5.41) is 0. The Hall–Kier alpha value is 0.0200. The van der Waals surface area contributed by atoms with E-state index in [1.807, 2.05) is 0 Å². The van der Waals surface area contributed by atoms with Crippen LogP contribution in [0.1, 0.15) is 19.3 Å². The molecule has 0 aliphatic carbocycles. The zero-order valence-corrected chi connectivity index (χ0v) is 7.74. The molecule has 80 valence electrons. The molecule has 0 aromatic carbocycles. The van der Waals surface area contributed by atoms with Gasteiger partial charge in [0, 0.05) is 13.1 Å². The van der Waals surface area contributed by atoms with Crippen molar-refractivity contribution in [2.24, 2.45) is 0 Å². The molecule has 3 nitrogen and oxygen atoms in total. The molecule has 0 atom stereocenters. The molecule has 0 aromatic rings. The smallest absolute Gasteiger partial charge is 0.279 e. The van der Waals surface area contributed by atoms with Gasteiger partial charge in [-0.25, -0.2) is 0 Å². The Morgan fingerprint density at radius 1 is 1.00 bits per heavy atom. The topological polar surface area (TPSA) is 43.7 Å². The summed E-state index contributed by atoms with van der Waals surface area (Å²) < 4.78 is 54.9. The van der Waals surface area contributed by atoms with E-state index in [1.165, 1.54) is 0 Å². The molecule has 1 heterocycles. The summed E-state index contributed by atoms with van der Waals surface area (Å²) >= 11 is 0. The molecule has 0 spiro atoms. The third-order valence-electron chi connectivity index (χ3n) is 1.99. The Kier molecular flexibility index (Phi) is 3.11. The van der Waals surface area contributed by atoms with Crippen LogP contribution in [0.5, 0.6) is 0 Å². The van der Waals surface area contributed by atoms with E-state index in [4.69, 9.17) is 9.11 Å². The van der Waals surface area contributed by atoms with Crippen LogP contribution in [-0.4, -0.2) is 32.0 Å². The van der Waals surface area contributed by atoms with Gasteiger partial charge in [-0.3, -0.25) is 9.11 Å². The number of hydrogen-bond acceptors (Lipinski definition) is 3. The fourth-order valence-corrected chi connectivity index (χ4v) is 2.33. The molecule has 0 saturated carbocycles. The van der Waals surface area contributed by atoms with Gasteiger partial charge in [-0.05, 0) is 23.6 Å². The van der Waals surface area contributed by atoms with E-state index in [-0.39, 0.29) is 13.1 Å². The standard InChI is InChI=1S/C6H12F3NO2S/c7-6(8,9)13(11,12)10-4-2-1-3-5-10/h11-12H,1-5H2. The lowest BCUT2D eigenvalue weighted by molar-refractivity contribution is -0.0602. The van der Waals surface area contributed by atoms with E-state index in [1.54, 1.807) is 0 Å². The average molecular weight is 219 g/mol. The van der Waals surface area contributed by atoms with E-state index in [2.05, 4.69) is 0 Å². The monoisotopic (exact) mass is 219 g/mol. The maximum absolute atomic E-state index is 12.1. The molecule has 0 aromatic heterocycles. The second-order valence-electron chi connectivity index (χ2n) is 2.95. The Labute approximate surface area is 76.0 Å². The van der Waals surface area contributed by atoms with Crippen LogP contribution >= 0.6 is 10.8 Å². The van der Waals surface area contributed by atoms with E-state index in [0.717, 1.165) is 10.7 Å². The Balaban J connectivity index is 2.67. The zero-order chi connectivity index (χ0) is 10.1.